The average molecular weight is 261 g/mol. The highest BCUT2D eigenvalue weighted by Gasteiger charge is 2.25. The molecular formula is C15H19NO3. The second-order valence-electron chi connectivity index (χ2n) is 5.41. The normalized spacial score (nSPS) is 14.5. The summed E-state index contributed by atoms with van der Waals surface area (Å²) in [6, 6.07) is 1.44. The van der Waals surface area contributed by atoms with Crippen molar-refractivity contribution in [3.63, 3.8) is 0 Å². The SMILES string of the molecule is C=C1Cc2oc(=O)cc(CCCC(C)C)c2C(=O)N1. The van der Waals surface area contributed by atoms with Gasteiger partial charge in [0.2, 0.25) is 0 Å². The van der Waals surface area contributed by atoms with E-state index in [2.05, 4.69) is 25.7 Å². The quantitative estimate of drug-likeness (QED) is 0.905. The van der Waals surface area contributed by atoms with E-state index in [9.17, 15) is 9.59 Å². The molecule has 0 unspecified atom stereocenters. The summed E-state index contributed by atoms with van der Waals surface area (Å²) >= 11 is 0. The molecule has 0 radical (unpaired) electrons. The number of fused-ring (bicyclic) bond motifs is 1. The first-order valence-electron chi connectivity index (χ1n) is 6.62. The summed E-state index contributed by atoms with van der Waals surface area (Å²) < 4.78 is 5.13. The predicted octanol–water partition coefficient (Wildman–Crippen LogP) is 2.42. The molecule has 1 aliphatic heterocycles. The molecular weight excluding hydrogens is 242 g/mol. The molecule has 0 saturated heterocycles. The van der Waals surface area contributed by atoms with Gasteiger partial charge in [-0.2, -0.15) is 0 Å². The van der Waals surface area contributed by atoms with Crippen LogP contribution in [0.4, 0.5) is 0 Å². The number of hydrogen-bond donors (Lipinski definition) is 1. The first-order chi connectivity index (χ1) is 8.97. The molecule has 4 nitrogen and oxygen atoms in total. The molecule has 19 heavy (non-hydrogen) atoms. The van der Waals surface area contributed by atoms with Crippen LogP contribution in [0.15, 0.2) is 27.6 Å². The van der Waals surface area contributed by atoms with Crippen molar-refractivity contribution in [2.24, 2.45) is 5.92 Å². The van der Waals surface area contributed by atoms with Gasteiger partial charge in [0.25, 0.3) is 5.91 Å². The monoisotopic (exact) mass is 261 g/mol. The molecule has 0 spiro atoms. The zero-order chi connectivity index (χ0) is 14.0. The first-order valence-corrected chi connectivity index (χ1v) is 6.62. The van der Waals surface area contributed by atoms with E-state index in [1.807, 2.05) is 0 Å². The Morgan fingerprint density at radius 1 is 1.42 bits per heavy atom. The number of carbonyl (C=O) groups is 1. The molecule has 1 N–H and O–H groups in total. The van der Waals surface area contributed by atoms with Crippen LogP contribution in [0.2, 0.25) is 0 Å². The Hall–Kier alpha value is -1.84. The van der Waals surface area contributed by atoms with Crippen molar-refractivity contribution in [3.05, 3.63) is 45.6 Å². The van der Waals surface area contributed by atoms with Crippen LogP contribution >= 0.6 is 0 Å². The van der Waals surface area contributed by atoms with Crippen LogP contribution in [0.5, 0.6) is 0 Å². The summed E-state index contributed by atoms with van der Waals surface area (Å²) in [6.45, 7) is 8.03. The van der Waals surface area contributed by atoms with E-state index in [0.717, 1.165) is 24.8 Å². The van der Waals surface area contributed by atoms with Crippen LogP contribution in [0.25, 0.3) is 0 Å². The van der Waals surface area contributed by atoms with Gasteiger partial charge in [0.1, 0.15) is 5.76 Å². The molecule has 1 amide bonds. The minimum Gasteiger partial charge on any atom is -0.427 e. The van der Waals surface area contributed by atoms with Crippen LogP contribution in [-0.4, -0.2) is 5.91 Å². The topological polar surface area (TPSA) is 59.3 Å². The molecule has 4 heteroatoms. The van der Waals surface area contributed by atoms with E-state index >= 15 is 0 Å². The van der Waals surface area contributed by atoms with Crippen LogP contribution in [-0.2, 0) is 12.8 Å². The number of aryl methyl sites for hydroxylation is 1. The molecule has 1 aromatic heterocycles. The van der Waals surface area contributed by atoms with E-state index < -0.39 is 0 Å². The second-order valence-corrected chi connectivity index (χ2v) is 5.41. The van der Waals surface area contributed by atoms with Crippen LogP contribution in [0, 0.1) is 5.92 Å². The lowest BCUT2D eigenvalue weighted by Gasteiger charge is -2.19. The average Bonchev–Trinajstić information content (AvgIpc) is 2.26. The number of amides is 1. The highest BCUT2D eigenvalue weighted by atomic mass is 16.4. The predicted molar refractivity (Wildman–Crippen MR) is 73.1 cm³/mol. The van der Waals surface area contributed by atoms with Gasteiger partial charge < -0.3 is 9.73 Å². The number of hydrogen-bond acceptors (Lipinski definition) is 3. The highest BCUT2D eigenvalue weighted by molar-refractivity contribution is 5.98. The van der Waals surface area contributed by atoms with Gasteiger partial charge in [-0.1, -0.05) is 26.8 Å². The zero-order valence-corrected chi connectivity index (χ0v) is 11.4. The van der Waals surface area contributed by atoms with Crippen LogP contribution in [0.3, 0.4) is 0 Å². The summed E-state index contributed by atoms with van der Waals surface area (Å²) in [5.41, 5.74) is 1.49. The number of carbonyl (C=O) groups excluding carboxylic acids is 1. The van der Waals surface area contributed by atoms with Crippen molar-refractivity contribution in [2.45, 2.75) is 39.5 Å². The van der Waals surface area contributed by atoms with E-state index in [1.54, 1.807) is 0 Å². The largest absolute Gasteiger partial charge is 0.427 e. The Kier molecular flexibility index (Phi) is 3.88. The van der Waals surface area contributed by atoms with E-state index in [0.29, 0.717) is 29.4 Å². The fourth-order valence-electron chi connectivity index (χ4n) is 2.35. The Morgan fingerprint density at radius 3 is 2.84 bits per heavy atom. The third-order valence-electron chi connectivity index (χ3n) is 3.23. The zero-order valence-electron chi connectivity index (χ0n) is 11.4. The molecule has 102 valence electrons. The lowest BCUT2D eigenvalue weighted by Crippen LogP contribution is -2.32. The molecule has 2 rings (SSSR count). The Labute approximate surface area is 112 Å². The number of allylic oxidation sites excluding steroid dienone is 1. The summed E-state index contributed by atoms with van der Waals surface area (Å²) in [7, 11) is 0. The van der Waals surface area contributed by atoms with Crippen LogP contribution < -0.4 is 10.9 Å². The Bertz CT molecular complexity index is 569. The lowest BCUT2D eigenvalue weighted by molar-refractivity contribution is 0.0952. The van der Waals surface area contributed by atoms with E-state index in [1.165, 1.54) is 6.07 Å². The summed E-state index contributed by atoms with van der Waals surface area (Å²) in [5.74, 6) is 0.847. The lowest BCUT2D eigenvalue weighted by atomic mass is 9.95. The number of rotatable bonds is 4. The van der Waals surface area contributed by atoms with E-state index in [-0.39, 0.29) is 11.5 Å². The van der Waals surface area contributed by atoms with Crippen molar-refractivity contribution in [2.75, 3.05) is 0 Å². The van der Waals surface area contributed by atoms with Crippen molar-refractivity contribution in [1.29, 1.82) is 0 Å². The molecule has 1 aromatic rings. The minimum absolute atomic E-state index is 0.213. The molecule has 0 bridgehead atoms. The Balaban J connectivity index is 2.31. The molecule has 0 aliphatic carbocycles. The fourth-order valence-corrected chi connectivity index (χ4v) is 2.35. The smallest absolute Gasteiger partial charge is 0.336 e. The maximum atomic E-state index is 12.0. The van der Waals surface area contributed by atoms with Gasteiger partial charge in [-0.3, -0.25) is 4.79 Å². The van der Waals surface area contributed by atoms with Crippen molar-refractivity contribution < 1.29 is 9.21 Å². The molecule has 0 saturated carbocycles. The van der Waals surface area contributed by atoms with Gasteiger partial charge >= 0.3 is 5.63 Å². The summed E-state index contributed by atoms with van der Waals surface area (Å²) in [4.78, 5) is 23.5. The molecule has 0 aromatic carbocycles. The minimum atomic E-state index is -0.388. The van der Waals surface area contributed by atoms with Gasteiger partial charge in [0.15, 0.2) is 0 Å². The van der Waals surface area contributed by atoms with Gasteiger partial charge in [0.05, 0.1) is 5.56 Å². The van der Waals surface area contributed by atoms with Crippen LogP contribution in [0.1, 0.15) is 48.4 Å². The van der Waals surface area contributed by atoms with Crippen molar-refractivity contribution in [3.8, 4) is 0 Å². The third kappa shape index (κ3) is 3.13. The second kappa shape index (κ2) is 5.43. The molecule has 0 atom stereocenters. The highest BCUT2D eigenvalue weighted by Crippen LogP contribution is 2.22. The van der Waals surface area contributed by atoms with Gasteiger partial charge in [-0.05, 0) is 24.3 Å². The third-order valence-corrected chi connectivity index (χ3v) is 3.23. The van der Waals surface area contributed by atoms with Crippen molar-refractivity contribution in [1.82, 2.24) is 5.32 Å². The maximum Gasteiger partial charge on any atom is 0.336 e. The van der Waals surface area contributed by atoms with Gasteiger partial charge in [-0.15, -0.1) is 0 Å². The summed E-state index contributed by atoms with van der Waals surface area (Å²) in [5, 5.41) is 2.70. The van der Waals surface area contributed by atoms with E-state index in [4.69, 9.17) is 4.42 Å². The maximum absolute atomic E-state index is 12.0. The standard InChI is InChI=1S/C15H19NO3/c1-9(2)5-4-6-11-8-13(17)19-12-7-10(3)16-15(18)14(11)12/h8-9H,3-7H2,1-2H3,(H,16,18). The fraction of sp³-hybridized carbons (Fsp3) is 0.467. The van der Waals surface area contributed by atoms with Crippen molar-refractivity contribution >= 4 is 5.91 Å². The van der Waals surface area contributed by atoms with Gasteiger partial charge in [0, 0.05) is 18.2 Å². The van der Waals surface area contributed by atoms with Gasteiger partial charge in [-0.25, -0.2) is 4.79 Å². The molecule has 1 aliphatic rings. The summed E-state index contributed by atoms with van der Waals surface area (Å²) in [6.07, 6.45) is 3.16. The molecule has 2 heterocycles. The number of nitrogens with one attached hydrogen (secondary N) is 1. The Morgan fingerprint density at radius 2 is 2.16 bits per heavy atom. The first kappa shape index (κ1) is 13.6. The molecule has 0 fully saturated rings.